The molecular formula is C15H22ClN3O3. The Kier molecular flexibility index (Phi) is 6.30. The molecule has 0 saturated carbocycles. The maximum atomic E-state index is 12.4. The lowest BCUT2D eigenvalue weighted by molar-refractivity contribution is 0.0287. The Balaban J connectivity index is 2.04. The fourth-order valence-corrected chi connectivity index (χ4v) is 2.29. The Bertz CT molecular complexity index is 519. The Morgan fingerprint density at radius 3 is 3.09 bits per heavy atom. The third kappa shape index (κ3) is 4.50. The zero-order valence-corrected chi connectivity index (χ0v) is 13.4. The van der Waals surface area contributed by atoms with Gasteiger partial charge in [0.25, 0.3) is 5.91 Å². The highest BCUT2D eigenvalue weighted by Gasteiger charge is 2.18. The number of benzene rings is 1. The molecule has 1 saturated heterocycles. The second kappa shape index (κ2) is 8.22. The van der Waals surface area contributed by atoms with Crippen LogP contribution in [0.25, 0.3) is 0 Å². The number of nitrogens with two attached hydrogens (primary N) is 1. The highest BCUT2D eigenvalue weighted by Crippen LogP contribution is 2.29. The van der Waals surface area contributed by atoms with Crippen molar-refractivity contribution in [2.45, 2.75) is 19.4 Å². The van der Waals surface area contributed by atoms with Crippen LogP contribution in [0.15, 0.2) is 12.1 Å². The Morgan fingerprint density at radius 2 is 2.41 bits per heavy atom. The van der Waals surface area contributed by atoms with E-state index in [4.69, 9.17) is 26.8 Å². The molecule has 2 rings (SSSR count). The number of carbonyl (C=O) groups is 1. The molecular weight excluding hydrogens is 306 g/mol. The maximum Gasteiger partial charge on any atom is 0.255 e. The van der Waals surface area contributed by atoms with Gasteiger partial charge >= 0.3 is 0 Å². The highest BCUT2D eigenvalue weighted by molar-refractivity contribution is 6.33. The SMILES string of the molecule is CCCOc1cc(N)c(Cl)cc1C(=O)NCC1CNCCO1. The molecule has 1 aliphatic heterocycles. The summed E-state index contributed by atoms with van der Waals surface area (Å²) in [7, 11) is 0. The number of carbonyl (C=O) groups excluding carboxylic acids is 1. The van der Waals surface area contributed by atoms with E-state index >= 15 is 0 Å². The largest absolute Gasteiger partial charge is 0.493 e. The van der Waals surface area contributed by atoms with Gasteiger partial charge in [0.05, 0.1) is 35.6 Å². The molecule has 1 atom stereocenters. The third-order valence-corrected chi connectivity index (χ3v) is 3.63. The quantitative estimate of drug-likeness (QED) is 0.688. The highest BCUT2D eigenvalue weighted by atomic mass is 35.5. The molecule has 1 amide bonds. The molecule has 0 radical (unpaired) electrons. The van der Waals surface area contributed by atoms with E-state index in [1.807, 2.05) is 6.92 Å². The van der Waals surface area contributed by atoms with Crippen LogP contribution >= 0.6 is 11.6 Å². The van der Waals surface area contributed by atoms with Gasteiger partial charge in [-0.15, -0.1) is 0 Å². The number of halogens is 1. The maximum absolute atomic E-state index is 12.4. The predicted octanol–water partition coefficient (Wildman–Crippen LogP) is 1.43. The zero-order valence-electron chi connectivity index (χ0n) is 12.7. The first kappa shape index (κ1) is 16.9. The average Bonchev–Trinajstić information content (AvgIpc) is 2.54. The van der Waals surface area contributed by atoms with Crippen LogP contribution in [0.2, 0.25) is 5.02 Å². The lowest BCUT2D eigenvalue weighted by atomic mass is 10.1. The number of anilines is 1. The molecule has 1 aromatic rings. The molecule has 1 fully saturated rings. The molecule has 0 aromatic heterocycles. The number of nitrogen functional groups attached to an aromatic ring is 1. The third-order valence-electron chi connectivity index (χ3n) is 3.30. The Morgan fingerprint density at radius 1 is 1.59 bits per heavy atom. The lowest BCUT2D eigenvalue weighted by Gasteiger charge is -2.24. The molecule has 0 aliphatic carbocycles. The fraction of sp³-hybridized carbons (Fsp3) is 0.533. The minimum absolute atomic E-state index is 0.0260. The van der Waals surface area contributed by atoms with Crippen LogP contribution in [0, 0.1) is 0 Å². The molecule has 1 aromatic carbocycles. The van der Waals surface area contributed by atoms with Crippen LogP contribution in [0.3, 0.4) is 0 Å². The molecule has 0 bridgehead atoms. The van der Waals surface area contributed by atoms with Crippen molar-refractivity contribution in [3.63, 3.8) is 0 Å². The normalized spacial score (nSPS) is 18.0. The monoisotopic (exact) mass is 327 g/mol. The summed E-state index contributed by atoms with van der Waals surface area (Å²) in [5.74, 6) is 0.200. The summed E-state index contributed by atoms with van der Waals surface area (Å²) >= 11 is 6.02. The van der Waals surface area contributed by atoms with Crippen molar-refractivity contribution in [1.82, 2.24) is 10.6 Å². The molecule has 4 N–H and O–H groups in total. The number of morpholine rings is 1. The van der Waals surface area contributed by atoms with Gasteiger partial charge in [0, 0.05) is 25.7 Å². The van der Waals surface area contributed by atoms with Gasteiger partial charge < -0.3 is 25.8 Å². The summed E-state index contributed by atoms with van der Waals surface area (Å²) in [5.41, 5.74) is 6.56. The number of amides is 1. The van der Waals surface area contributed by atoms with Crippen LogP contribution in [0.5, 0.6) is 5.75 Å². The summed E-state index contributed by atoms with van der Waals surface area (Å²) in [6.07, 6.45) is 0.813. The zero-order chi connectivity index (χ0) is 15.9. The minimum Gasteiger partial charge on any atom is -0.493 e. The van der Waals surface area contributed by atoms with Crippen LogP contribution in [-0.4, -0.2) is 44.9 Å². The smallest absolute Gasteiger partial charge is 0.255 e. The molecule has 22 heavy (non-hydrogen) atoms. The first-order chi connectivity index (χ1) is 10.6. The van der Waals surface area contributed by atoms with Gasteiger partial charge in [-0.2, -0.15) is 0 Å². The summed E-state index contributed by atoms with van der Waals surface area (Å²) in [5, 5.41) is 6.40. The first-order valence-electron chi connectivity index (χ1n) is 7.44. The van der Waals surface area contributed by atoms with Crippen LogP contribution in [0.1, 0.15) is 23.7 Å². The van der Waals surface area contributed by atoms with E-state index in [1.54, 1.807) is 6.07 Å². The second-order valence-corrected chi connectivity index (χ2v) is 5.53. The van der Waals surface area contributed by atoms with E-state index in [2.05, 4.69) is 10.6 Å². The van der Waals surface area contributed by atoms with Crippen molar-refractivity contribution in [3.8, 4) is 5.75 Å². The Hall–Kier alpha value is -1.50. The van der Waals surface area contributed by atoms with E-state index in [0.717, 1.165) is 19.5 Å². The predicted molar refractivity (Wildman–Crippen MR) is 86.6 cm³/mol. The Labute approximate surface area is 135 Å². The van der Waals surface area contributed by atoms with E-state index in [1.165, 1.54) is 6.07 Å². The number of ether oxygens (including phenoxy) is 2. The summed E-state index contributed by atoms with van der Waals surface area (Å²) in [4.78, 5) is 12.4. The first-order valence-corrected chi connectivity index (χ1v) is 7.82. The number of hydrogen-bond donors (Lipinski definition) is 3. The van der Waals surface area contributed by atoms with Crippen molar-refractivity contribution >= 4 is 23.2 Å². The van der Waals surface area contributed by atoms with E-state index in [9.17, 15) is 4.79 Å². The molecule has 122 valence electrons. The number of rotatable bonds is 6. The minimum atomic E-state index is -0.248. The molecule has 6 nitrogen and oxygen atoms in total. The van der Waals surface area contributed by atoms with E-state index in [-0.39, 0.29) is 12.0 Å². The van der Waals surface area contributed by atoms with Gasteiger partial charge in [0.2, 0.25) is 0 Å². The van der Waals surface area contributed by atoms with Gasteiger partial charge in [-0.25, -0.2) is 0 Å². The van der Waals surface area contributed by atoms with Crippen molar-refractivity contribution in [2.24, 2.45) is 0 Å². The fourth-order valence-electron chi connectivity index (χ4n) is 2.13. The van der Waals surface area contributed by atoms with Crippen LogP contribution < -0.4 is 21.1 Å². The standard InChI is InChI=1S/C15H22ClN3O3/c1-2-4-22-14-7-13(17)12(16)6-11(14)15(20)19-9-10-8-18-3-5-21-10/h6-7,10,18H,2-5,8-9,17H2,1H3,(H,19,20). The van der Waals surface area contributed by atoms with Crippen molar-refractivity contribution < 1.29 is 14.3 Å². The topological polar surface area (TPSA) is 85.6 Å². The van der Waals surface area contributed by atoms with E-state index in [0.29, 0.717) is 41.8 Å². The summed E-state index contributed by atoms with van der Waals surface area (Å²) < 4.78 is 11.1. The summed E-state index contributed by atoms with van der Waals surface area (Å²) in [6, 6.07) is 3.13. The van der Waals surface area contributed by atoms with Gasteiger partial charge in [-0.1, -0.05) is 18.5 Å². The van der Waals surface area contributed by atoms with Crippen molar-refractivity contribution in [1.29, 1.82) is 0 Å². The molecule has 1 unspecified atom stereocenters. The van der Waals surface area contributed by atoms with E-state index < -0.39 is 0 Å². The number of nitrogens with one attached hydrogen (secondary N) is 2. The van der Waals surface area contributed by atoms with Crippen LogP contribution in [-0.2, 0) is 4.74 Å². The van der Waals surface area contributed by atoms with Gasteiger partial charge in [-0.3, -0.25) is 4.79 Å². The lowest BCUT2D eigenvalue weighted by Crippen LogP contribution is -2.45. The second-order valence-electron chi connectivity index (χ2n) is 5.13. The molecule has 0 spiro atoms. The summed E-state index contributed by atoms with van der Waals surface area (Å²) in [6.45, 7) is 5.15. The van der Waals surface area contributed by atoms with Gasteiger partial charge in [-0.05, 0) is 12.5 Å². The molecule has 7 heteroatoms. The molecule has 1 heterocycles. The van der Waals surface area contributed by atoms with Crippen molar-refractivity contribution in [2.75, 3.05) is 38.6 Å². The molecule has 1 aliphatic rings. The average molecular weight is 328 g/mol. The van der Waals surface area contributed by atoms with Gasteiger partial charge in [0.1, 0.15) is 5.75 Å². The number of hydrogen-bond acceptors (Lipinski definition) is 5. The van der Waals surface area contributed by atoms with Gasteiger partial charge in [0.15, 0.2) is 0 Å². The van der Waals surface area contributed by atoms with Crippen LogP contribution in [0.4, 0.5) is 5.69 Å². The van der Waals surface area contributed by atoms with Crippen molar-refractivity contribution in [3.05, 3.63) is 22.7 Å².